The summed E-state index contributed by atoms with van der Waals surface area (Å²) in [6, 6.07) is 22.3. The Labute approximate surface area is 153 Å². The Morgan fingerprint density at radius 3 is 2.48 bits per heavy atom. The molecule has 0 saturated heterocycles. The molecule has 3 aromatic rings. The van der Waals surface area contributed by atoms with E-state index in [2.05, 4.69) is 58.4 Å². The van der Waals surface area contributed by atoms with Crippen LogP contribution in [0.15, 0.2) is 66.7 Å². The van der Waals surface area contributed by atoms with Gasteiger partial charge in [0.15, 0.2) is 5.11 Å². The molecule has 128 valence electrons. The third kappa shape index (κ3) is 4.39. The third-order valence-corrected chi connectivity index (χ3v) is 4.12. The summed E-state index contributed by atoms with van der Waals surface area (Å²) in [5.74, 6) is 0.764. The lowest BCUT2D eigenvalue weighted by molar-refractivity contribution is 0.417. The molecule has 0 saturated carbocycles. The van der Waals surface area contributed by atoms with Crippen molar-refractivity contribution < 1.29 is 4.74 Å². The van der Waals surface area contributed by atoms with Gasteiger partial charge in [-0.2, -0.15) is 0 Å². The number of hydrogen-bond donors (Lipinski definition) is 3. The van der Waals surface area contributed by atoms with Gasteiger partial charge >= 0.3 is 0 Å². The summed E-state index contributed by atoms with van der Waals surface area (Å²) in [5.41, 5.74) is 1.98. The van der Waals surface area contributed by atoms with Crippen LogP contribution in [0.1, 0.15) is 0 Å². The van der Waals surface area contributed by atoms with Gasteiger partial charge in [-0.15, -0.1) is 0 Å². The Bertz CT molecular complexity index is 861. The van der Waals surface area contributed by atoms with E-state index in [0.29, 0.717) is 11.7 Å². The molecule has 3 N–H and O–H groups in total. The van der Waals surface area contributed by atoms with Crippen molar-refractivity contribution in [2.24, 2.45) is 0 Å². The molecule has 0 bridgehead atoms. The molecule has 3 aromatic carbocycles. The molecule has 0 fully saturated rings. The molecule has 0 radical (unpaired) electrons. The zero-order valence-corrected chi connectivity index (χ0v) is 14.9. The topological polar surface area (TPSA) is 45.3 Å². The van der Waals surface area contributed by atoms with Crippen LogP contribution in [-0.4, -0.2) is 25.3 Å². The molecule has 0 aromatic heterocycles. The molecular formula is C20H21N3OS. The highest BCUT2D eigenvalue weighted by molar-refractivity contribution is 7.80. The molecule has 3 rings (SSSR count). The van der Waals surface area contributed by atoms with Crippen molar-refractivity contribution in [1.29, 1.82) is 0 Å². The summed E-state index contributed by atoms with van der Waals surface area (Å²) in [5, 5.41) is 12.8. The molecule has 0 atom stereocenters. The number of ether oxygens (including phenoxy) is 1. The average Bonchev–Trinajstić information content (AvgIpc) is 2.66. The highest BCUT2D eigenvalue weighted by atomic mass is 32.1. The van der Waals surface area contributed by atoms with Crippen molar-refractivity contribution in [3.8, 4) is 5.75 Å². The maximum absolute atomic E-state index is 5.35. The lowest BCUT2D eigenvalue weighted by Gasteiger charge is -2.14. The van der Waals surface area contributed by atoms with Gasteiger partial charge in [0.1, 0.15) is 5.75 Å². The Balaban J connectivity index is 1.50. The third-order valence-electron chi connectivity index (χ3n) is 3.87. The Hall–Kier alpha value is -2.79. The van der Waals surface area contributed by atoms with Gasteiger partial charge in [-0.05, 0) is 35.8 Å². The average molecular weight is 351 g/mol. The number of nitrogens with one attached hydrogen (secondary N) is 3. The van der Waals surface area contributed by atoms with Crippen molar-refractivity contribution in [2.45, 2.75) is 0 Å². The molecule has 5 heteroatoms. The highest BCUT2D eigenvalue weighted by Gasteiger charge is 2.03. The van der Waals surface area contributed by atoms with Gasteiger partial charge in [-0.3, -0.25) is 0 Å². The zero-order valence-electron chi connectivity index (χ0n) is 14.1. The molecule has 0 spiro atoms. The molecule has 0 amide bonds. The second kappa shape index (κ2) is 8.35. The first-order valence-corrected chi connectivity index (χ1v) is 8.58. The minimum atomic E-state index is 0.573. The molecule has 0 aliphatic heterocycles. The lowest BCUT2D eigenvalue weighted by Crippen LogP contribution is -2.32. The van der Waals surface area contributed by atoms with Crippen LogP contribution in [0.25, 0.3) is 10.8 Å². The minimum Gasteiger partial charge on any atom is -0.495 e. The molecule has 4 nitrogen and oxygen atoms in total. The Morgan fingerprint density at radius 1 is 0.880 bits per heavy atom. The van der Waals surface area contributed by atoms with Crippen LogP contribution in [0.5, 0.6) is 5.75 Å². The number of rotatable bonds is 6. The Kier molecular flexibility index (Phi) is 5.69. The Morgan fingerprint density at radius 2 is 1.60 bits per heavy atom. The standard InChI is InChI=1S/C20H21N3OS/c1-24-19-12-5-4-10-18(19)23-20(25)22-14-13-21-17-11-6-8-15-7-2-3-9-16(15)17/h2-12,21H,13-14H2,1H3,(H2,22,23,25). The van der Waals surface area contributed by atoms with Crippen LogP contribution in [-0.2, 0) is 0 Å². The fourth-order valence-corrected chi connectivity index (χ4v) is 2.88. The monoisotopic (exact) mass is 351 g/mol. The van der Waals surface area contributed by atoms with Crippen molar-refractivity contribution in [2.75, 3.05) is 30.8 Å². The normalized spacial score (nSPS) is 10.3. The van der Waals surface area contributed by atoms with Gasteiger partial charge in [-0.1, -0.05) is 48.5 Å². The van der Waals surface area contributed by atoms with Crippen molar-refractivity contribution >= 4 is 39.5 Å². The van der Waals surface area contributed by atoms with Crippen LogP contribution in [0.4, 0.5) is 11.4 Å². The fourth-order valence-electron chi connectivity index (χ4n) is 2.67. The first-order chi connectivity index (χ1) is 12.3. The van der Waals surface area contributed by atoms with Gasteiger partial charge in [0.25, 0.3) is 0 Å². The summed E-state index contributed by atoms with van der Waals surface area (Å²) >= 11 is 5.35. The molecule has 0 unspecified atom stereocenters. The van der Waals surface area contributed by atoms with E-state index in [1.165, 1.54) is 10.8 Å². The first kappa shape index (κ1) is 17.0. The minimum absolute atomic E-state index is 0.573. The van der Waals surface area contributed by atoms with E-state index >= 15 is 0 Å². The molecule has 0 heterocycles. The summed E-state index contributed by atoms with van der Waals surface area (Å²) < 4.78 is 5.31. The van der Waals surface area contributed by atoms with Gasteiger partial charge in [0.2, 0.25) is 0 Å². The van der Waals surface area contributed by atoms with Crippen LogP contribution < -0.4 is 20.7 Å². The molecule has 0 aliphatic rings. The summed E-state index contributed by atoms with van der Waals surface area (Å²) in [4.78, 5) is 0. The number of thiocarbonyl (C=S) groups is 1. The van der Waals surface area contributed by atoms with E-state index in [4.69, 9.17) is 17.0 Å². The van der Waals surface area contributed by atoms with Crippen LogP contribution in [0.3, 0.4) is 0 Å². The molecule has 0 aliphatic carbocycles. The maximum Gasteiger partial charge on any atom is 0.170 e. The first-order valence-electron chi connectivity index (χ1n) is 8.17. The number of methoxy groups -OCH3 is 1. The predicted octanol–water partition coefficient (Wildman–Crippen LogP) is 4.25. The van der Waals surface area contributed by atoms with Crippen LogP contribution >= 0.6 is 12.2 Å². The summed E-state index contributed by atoms with van der Waals surface area (Å²) in [7, 11) is 1.64. The lowest BCUT2D eigenvalue weighted by atomic mass is 10.1. The van der Waals surface area contributed by atoms with Gasteiger partial charge in [-0.25, -0.2) is 0 Å². The largest absolute Gasteiger partial charge is 0.495 e. The van der Waals surface area contributed by atoms with Crippen molar-refractivity contribution in [3.05, 3.63) is 66.7 Å². The number of hydrogen-bond acceptors (Lipinski definition) is 3. The van der Waals surface area contributed by atoms with E-state index in [0.717, 1.165) is 23.7 Å². The summed E-state index contributed by atoms with van der Waals surface area (Å²) in [6.07, 6.45) is 0. The molecular weight excluding hydrogens is 330 g/mol. The number of anilines is 2. The SMILES string of the molecule is COc1ccccc1NC(=S)NCCNc1cccc2ccccc12. The second-order valence-corrected chi connectivity index (χ2v) is 5.94. The van der Waals surface area contributed by atoms with Crippen molar-refractivity contribution in [1.82, 2.24) is 5.32 Å². The van der Waals surface area contributed by atoms with Crippen LogP contribution in [0, 0.1) is 0 Å². The maximum atomic E-state index is 5.35. The van der Waals surface area contributed by atoms with Gasteiger partial charge in [0.05, 0.1) is 12.8 Å². The van der Waals surface area contributed by atoms with E-state index in [9.17, 15) is 0 Å². The van der Waals surface area contributed by atoms with Crippen LogP contribution in [0.2, 0.25) is 0 Å². The summed E-state index contributed by atoms with van der Waals surface area (Å²) in [6.45, 7) is 1.48. The van der Waals surface area contributed by atoms with Crippen molar-refractivity contribution in [3.63, 3.8) is 0 Å². The highest BCUT2D eigenvalue weighted by Crippen LogP contribution is 2.23. The fraction of sp³-hybridized carbons (Fsp3) is 0.150. The van der Waals surface area contributed by atoms with Gasteiger partial charge < -0.3 is 20.7 Å². The van der Waals surface area contributed by atoms with Gasteiger partial charge in [0, 0.05) is 24.2 Å². The zero-order chi connectivity index (χ0) is 17.5. The predicted molar refractivity (Wildman–Crippen MR) is 110 cm³/mol. The smallest absolute Gasteiger partial charge is 0.170 e. The number of fused-ring (bicyclic) bond motifs is 1. The van der Waals surface area contributed by atoms with E-state index in [1.54, 1.807) is 7.11 Å². The number of para-hydroxylation sites is 2. The quantitative estimate of drug-likeness (QED) is 0.458. The second-order valence-electron chi connectivity index (χ2n) is 5.53. The van der Waals surface area contributed by atoms with E-state index in [-0.39, 0.29) is 0 Å². The molecule has 25 heavy (non-hydrogen) atoms. The number of benzene rings is 3. The van der Waals surface area contributed by atoms with E-state index in [1.807, 2.05) is 24.3 Å². The van der Waals surface area contributed by atoms with E-state index < -0.39 is 0 Å².